The number of hydrogen-bond donors (Lipinski definition) is 0. The molecule has 0 saturated carbocycles. The molecule has 0 saturated heterocycles. The first kappa shape index (κ1) is 7.57. The molecule has 2 aromatic rings. The highest BCUT2D eigenvalue weighted by Gasteiger charge is 1.93. The van der Waals surface area contributed by atoms with Crippen molar-refractivity contribution in [2.45, 2.75) is 0 Å². The molecule has 1 atom stereocenters. The summed E-state index contributed by atoms with van der Waals surface area (Å²) in [5, 5.41) is 2.45. The van der Waals surface area contributed by atoms with Gasteiger partial charge in [-0.15, -0.1) is 0 Å². The molecule has 0 heterocycles. The maximum atomic E-state index is 5.04. The molecular formula is C10H9OP. The van der Waals surface area contributed by atoms with E-state index in [1.54, 1.807) is 0 Å². The third kappa shape index (κ3) is 1.28. The van der Waals surface area contributed by atoms with Gasteiger partial charge in [0.2, 0.25) is 0 Å². The molecule has 60 valence electrons. The van der Waals surface area contributed by atoms with Crippen LogP contribution in [0.15, 0.2) is 42.5 Å². The molecule has 0 bridgehead atoms. The largest absolute Gasteiger partial charge is 0.480 e. The van der Waals surface area contributed by atoms with Gasteiger partial charge in [-0.2, -0.15) is 0 Å². The fourth-order valence-corrected chi connectivity index (χ4v) is 1.39. The number of fused-ring (bicyclic) bond motifs is 1. The quantitative estimate of drug-likeness (QED) is 0.607. The van der Waals surface area contributed by atoms with E-state index in [9.17, 15) is 0 Å². The Morgan fingerprint density at radius 2 is 1.67 bits per heavy atom. The molecule has 12 heavy (non-hydrogen) atoms. The summed E-state index contributed by atoms with van der Waals surface area (Å²) < 4.78 is 5.04. The first-order valence-corrected chi connectivity index (χ1v) is 4.23. The van der Waals surface area contributed by atoms with E-state index < -0.39 is 0 Å². The van der Waals surface area contributed by atoms with Gasteiger partial charge in [0.15, 0.2) is 0 Å². The molecule has 0 spiro atoms. The minimum absolute atomic E-state index is 0.874. The van der Waals surface area contributed by atoms with Gasteiger partial charge in [0.25, 0.3) is 0 Å². The van der Waals surface area contributed by atoms with Gasteiger partial charge in [-0.05, 0) is 22.9 Å². The summed E-state index contributed by atoms with van der Waals surface area (Å²) in [5.41, 5.74) is 0. The molecule has 0 amide bonds. The maximum Gasteiger partial charge on any atom is 0.123 e. The van der Waals surface area contributed by atoms with Crippen LogP contribution in [-0.2, 0) is 0 Å². The zero-order valence-corrected chi connectivity index (χ0v) is 7.68. The van der Waals surface area contributed by atoms with E-state index in [0.29, 0.717) is 0 Å². The molecule has 1 nitrogen and oxygen atoms in total. The summed E-state index contributed by atoms with van der Waals surface area (Å²) in [6.45, 7) is 0. The molecule has 0 aliphatic carbocycles. The van der Waals surface area contributed by atoms with Crippen molar-refractivity contribution in [1.29, 1.82) is 0 Å². The van der Waals surface area contributed by atoms with E-state index in [4.69, 9.17) is 4.52 Å². The molecule has 1 unspecified atom stereocenters. The van der Waals surface area contributed by atoms with E-state index in [2.05, 4.69) is 27.7 Å². The fraction of sp³-hybridized carbons (Fsp3) is 0. The van der Waals surface area contributed by atoms with Crippen LogP contribution in [0.25, 0.3) is 10.8 Å². The monoisotopic (exact) mass is 176 g/mol. The molecule has 0 fully saturated rings. The molecule has 2 heteroatoms. The number of benzene rings is 2. The minimum atomic E-state index is 0.874. The predicted molar refractivity (Wildman–Crippen MR) is 54.3 cm³/mol. The van der Waals surface area contributed by atoms with Crippen LogP contribution in [-0.4, -0.2) is 0 Å². The van der Waals surface area contributed by atoms with Gasteiger partial charge in [-0.25, -0.2) is 0 Å². The Morgan fingerprint density at radius 1 is 0.917 bits per heavy atom. The van der Waals surface area contributed by atoms with Crippen molar-refractivity contribution < 1.29 is 4.52 Å². The molecule has 0 aliphatic rings. The normalized spacial score (nSPS) is 10.1. The minimum Gasteiger partial charge on any atom is -0.480 e. The molecule has 0 N–H and O–H groups in total. The summed E-state index contributed by atoms with van der Waals surface area (Å²) in [5.74, 6) is 0.874. The summed E-state index contributed by atoms with van der Waals surface area (Å²) in [6, 6.07) is 14.2. The van der Waals surface area contributed by atoms with Crippen LogP contribution in [0.5, 0.6) is 5.75 Å². The highest BCUT2D eigenvalue weighted by Crippen LogP contribution is 2.21. The number of rotatable bonds is 1. The van der Waals surface area contributed by atoms with Crippen molar-refractivity contribution in [2.24, 2.45) is 0 Å². The lowest BCUT2D eigenvalue weighted by atomic mass is 10.1. The first-order valence-electron chi connectivity index (χ1n) is 3.76. The van der Waals surface area contributed by atoms with Crippen molar-refractivity contribution in [3.05, 3.63) is 42.5 Å². The Labute approximate surface area is 73.6 Å². The summed E-state index contributed by atoms with van der Waals surface area (Å²) in [6.07, 6.45) is 0. The van der Waals surface area contributed by atoms with Crippen LogP contribution in [0.2, 0.25) is 0 Å². The van der Waals surface area contributed by atoms with Crippen LogP contribution in [0.3, 0.4) is 0 Å². The Kier molecular flexibility index (Phi) is 1.97. The zero-order valence-electron chi connectivity index (χ0n) is 6.53. The van der Waals surface area contributed by atoms with Gasteiger partial charge in [-0.3, -0.25) is 0 Å². The molecule has 0 radical (unpaired) electrons. The number of hydrogen-bond acceptors (Lipinski definition) is 1. The molecular weight excluding hydrogens is 167 g/mol. The van der Waals surface area contributed by atoms with Gasteiger partial charge in [-0.1, -0.05) is 30.3 Å². The summed E-state index contributed by atoms with van der Waals surface area (Å²) in [4.78, 5) is 0. The third-order valence-electron chi connectivity index (χ3n) is 1.86. The second-order valence-corrected chi connectivity index (χ2v) is 2.86. The highest BCUT2D eigenvalue weighted by molar-refractivity contribution is 7.10. The van der Waals surface area contributed by atoms with Crippen molar-refractivity contribution in [3.63, 3.8) is 0 Å². The summed E-state index contributed by atoms with van der Waals surface area (Å²) >= 11 is 0. The van der Waals surface area contributed by atoms with E-state index in [1.165, 1.54) is 10.8 Å². The lowest BCUT2D eigenvalue weighted by Crippen LogP contribution is -1.74. The fourth-order valence-electron chi connectivity index (χ4n) is 1.24. The van der Waals surface area contributed by atoms with E-state index in [0.717, 1.165) is 5.75 Å². The van der Waals surface area contributed by atoms with Crippen LogP contribution in [0, 0.1) is 0 Å². The third-order valence-corrected chi connectivity index (χ3v) is 2.13. The molecule has 0 aliphatic heterocycles. The van der Waals surface area contributed by atoms with Crippen molar-refractivity contribution in [2.75, 3.05) is 0 Å². The molecule has 2 aromatic carbocycles. The lowest BCUT2D eigenvalue weighted by Gasteiger charge is -2.00. The topological polar surface area (TPSA) is 9.23 Å². The Bertz CT molecular complexity index is 398. The van der Waals surface area contributed by atoms with Crippen molar-refractivity contribution in [3.8, 4) is 5.75 Å². The predicted octanol–water partition coefficient (Wildman–Crippen LogP) is 3.01. The van der Waals surface area contributed by atoms with Crippen molar-refractivity contribution >= 4 is 20.2 Å². The van der Waals surface area contributed by atoms with Crippen molar-refractivity contribution in [1.82, 2.24) is 0 Å². The summed E-state index contributed by atoms with van der Waals surface area (Å²) in [7, 11) is 2.24. The average Bonchev–Trinajstić information content (AvgIpc) is 2.17. The maximum absolute atomic E-state index is 5.04. The Hall–Kier alpha value is -1.07. The van der Waals surface area contributed by atoms with Crippen LogP contribution >= 0.6 is 9.47 Å². The van der Waals surface area contributed by atoms with E-state index >= 15 is 0 Å². The van der Waals surface area contributed by atoms with Gasteiger partial charge < -0.3 is 4.52 Å². The van der Waals surface area contributed by atoms with Gasteiger partial charge in [0.05, 0.1) is 9.47 Å². The van der Waals surface area contributed by atoms with E-state index in [1.807, 2.05) is 24.3 Å². The Morgan fingerprint density at radius 3 is 2.42 bits per heavy atom. The highest BCUT2D eigenvalue weighted by atomic mass is 31.0. The lowest BCUT2D eigenvalue weighted by molar-refractivity contribution is 0.647. The first-order chi connectivity index (χ1) is 5.90. The van der Waals surface area contributed by atoms with E-state index in [-0.39, 0.29) is 0 Å². The molecule has 0 aromatic heterocycles. The standard InChI is InChI=1S/C10H9OP/c12-11-10-6-5-8-3-1-2-4-9(8)7-10/h1-7H,12H2. The Balaban J connectivity index is 2.67. The van der Waals surface area contributed by atoms with Crippen LogP contribution in [0.1, 0.15) is 0 Å². The smallest absolute Gasteiger partial charge is 0.123 e. The molecule has 2 rings (SSSR count). The second kappa shape index (κ2) is 3.12. The SMILES string of the molecule is POc1ccc2ccccc2c1. The average molecular weight is 176 g/mol. The van der Waals surface area contributed by atoms with Crippen LogP contribution in [0.4, 0.5) is 0 Å². The van der Waals surface area contributed by atoms with Gasteiger partial charge >= 0.3 is 0 Å². The van der Waals surface area contributed by atoms with Gasteiger partial charge in [0.1, 0.15) is 5.75 Å². The second-order valence-electron chi connectivity index (χ2n) is 2.63. The zero-order chi connectivity index (χ0) is 8.39. The van der Waals surface area contributed by atoms with Gasteiger partial charge in [0, 0.05) is 0 Å². The van der Waals surface area contributed by atoms with Crippen LogP contribution < -0.4 is 4.52 Å².